The Morgan fingerprint density at radius 2 is 2.15 bits per heavy atom. The van der Waals surface area contributed by atoms with Gasteiger partial charge in [0.25, 0.3) is 0 Å². The minimum atomic E-state index is -0.331. The summed E-state index contributed by atoms with van der Waals surface area (Å²) in [5.74, 6) is 0. The van der Waals surface area contributed by atoms with Crippen molar-refractivity contribution in [1.82, 2.24) is 4.98 Å². The highest BCUT2D eigenvalue weighted by Crippen LogP contribution is 2.23. The van der Waals surface area contributed by atoms with Crippen LogP contribution >= 0.6 is 23.4 Å². The molecule has 0 aliphatic carbocycles. The van der Waals surface area contributed by atoms with Crippen LogP contribution in [0, 0.1) is 0 Å². The van der Waals surface area contributed by atoms with E-state index in [1.54, 1.807) is 30.9 Å². The number of pyridine rings is 1. The lowest BCUT2D eigenvalue weighted by atomic mass is 10.3. The van der Waals surface area contributed by atoms with Crippen molar-refractivity contribution in [2.24, 2.45) is 0 Å². The molecule has 2 atom stereocenters. The Morgan fingerprint density at radius 1 is 1.46 bits per heavy atom. The van der Waals surface area contributed by atoms with Gasteiger partial charge in [0, 0.05) is 11.4 Å². The van der Waals surface area contributed by atoms with Crippen LogP contribution in [0.15, 0.2) is 23.4 Å². The van der Waals surface area contributed by atoms with Crippen molar-refractivity contribution in [2.45, 2.75) is 30.2 Å². The van der Waals surface area contributed by atoms with Crippen molar-refractivity contribution in [3.8, 4) is 0 Å². The maximum absolute atomic E-state index is 9.26. The Kier molecular flexibility index (Phi) is 4.03. The molecule has 0 aliphatic rings. The molecule has 2 unspecified atom stereocenters. The molecule has 0 amide bonds. The van der Waals surface area contributed by atoms with Crippen LogP contribution in [0.25, 0.3) is 0 Å². The van der Waals surface area contributed by atoms with Gasteiger partial charge >= 0.3 is 0 Å². The van der Waals surface area contributed by atoms with Gasteiger partial charge in [0.1, 0.15) is 0 Å². The van der Waals surface area contributed by atoms with Gasteiger partial charge in [-0.25, -0.2) is 4.98 Å². The fourth-order valence-electron chi connectivity index (χ4n) is 0.721. The lowest BCUT2D eigenvalue weighted by molar-refractivity contribution is 0.196. The van der Waals surface area contributed by atoms with Crippen molar-refractivity contribution < 1.29 is 5.11 Å². The molecular formula is C9H12ClNOS. The normalized spacial score (nSPS) is 15.4. The molecular weight excluding hydrogens is 206 g/mol. The molecule has 0 spiro atoms. The van der Waals surface area contributed by atoms with E-state index in [2.05, 4.69) is 4.98 Å². The quantitative estimate of drug-likeness (QED) is 0.791. The number of aromatic nitrogens is 1. The van der Waals surface area contributed by atoms with Gasteiger partial charge in [0.2, 0.25) is 0 Å². The predicted octanol–water partition coefficient (Wildman–Crippen LogP) is 2.60. The zero-order chi connectivity index (χ0) is 9.84. The Bertz CT molecular complexity index is 263. The van der Waals surface area contributed by atoms with Crippen LogP contribution in [0.5, 0.6) is 0 Å². The summed E-state index contributed by atoms with van der Waals surface area (Å²) in [6.07, 6.45) is 1.28. The molecule has 2 nitrogen and oxygen atoms in total. The third kappa shape index (κ3) is 3.55. The van der Waals surface area contributed by atoms with Gasteiger partial charge in [-0.2, -0.15) is 0 Å². The first-order valence-corrected chi connectivity index (χ1v) is 5.31. The van der Waals surface area contributed by atoms with E-state index < -0.39 is 0 Å². The number of aliphatic hydroxyl groups excluding tert-OH is 1. The molecule has 0 radical (unpaired) electrons. The van der Waals surface area contributed by atoms with Crippen molar-refractivity contribution in [3.63, 3.8) is 0 Å². The molecule has 1 aromatic rings. The molecule has 0 aromatic carbocycles. The summed E-state index contributed by atoms with van der Waals surface area (Å²) in [7, 11) is 0. The largest absolute Gasteiger partial charge is 0.392 e. The van der Waals surface area contributed by atoms with E-state index >= 15 is 0 Å². The van der Waals surface area contributed by atoms with Gasteiger partial charge in [0.05, 0.1) is 16.2 Å². The highest BCUT2D eigenvalue weighted by Gasteiger charge is 2.10. The Labute approximate surface area is 87.3 Å². The average molecular weight is 218 g/mol. The summed E-state index contributed by atoms with van der Waals surface area (Å²) in [6.45, 7) is 3.74. The molecule has 1 rings (SSSR count). The van der Waals surface area contributed by atoms with E-state index in [1.807, 2.05) is 13.0 Å². The smallest absolute Gasteiger partial charge is 0.0964 e. The molecule has 1 heterocycles. The summed E-state index contributed by atoms with van der Waals surface area (Å²) < 4.78 is 0. The summed E-state index contributed by atoms with van der Waals surface area (Å²) in [4.78, 5) is 4.12. The first-order chi connectivity index (χ1) is 6.09. The van der Waals surface area contributed by atoms with Crippen molar-refractivity contribution in [2.75, 3.05) is 0 Å². The number of hydrogen-bond acceptors (Lipinski definition) is 3. The molecule has 4 heteroatoms. The fraction of sp³-hybridized carbons (Fsp3) is 0.444. The molecule has 1 aromatic heterocycles. The second-order valence-electron chi connectivity index (χ2n) is 2.88. The van der Waals surface area contributed by atoms with Gasteiger partial charge in [0.15, 0.2) is 0 Å². The van der Waals surface area contributed by atoms with E-state index in [4.69, 9.17) is 11.6 Å². The van der Waals surface area contributed by atoms with E-state index in [9.17, 15) is 5.11 Å². The van der Waals surface area contributed by atoms with E-state index in [0.29, 0.717) is 5.02 Å². The fourth-order valence-corrected chi connectivity index (χ4v) is 1.67. The minimum Gasteiger partial charge on any atom is -0.392 e. The van der Waals surface area contributed by atoms with E-state index in [1.165, 1.54) is 0 Å². The van der Waals surface area contributed by atoms with Gasteiger partial charge in [-0.3, -0.25) is 0 Å². The topological polar surface area (TPSA) is 33.1 Å². The zero-order valence-corrected chi connectivity index (χ0v) is 9.14. The van der Waals surface area contributed by atoms with Gasteiger partial charge in [-0.1, -0.05) is 18.5 Å². The highest BCUT2D eigenvalue weighted by atomic mass is 35.5. The second kappa shape index (κ2) is 4.84. The van der Waals surface area contributed by atoms with Crippen LogP contribution in [-0.4, -0.2) is 21.4 Å². The first-order valence-electron chi connectivity index (χ1n) is 4.06. The Balaban J connectivity index is 2.59. The van der Waals surface area contributed by atoms with Crippen LogP contribution < -0.4 is 0 Å². The third-order valence-electron chi connectivity index (χ3n) is 1.69. The monoisotopic (exact) mass is 217 g/mol. The molecule has 0 saturated heterocycles. The van der Waals surface area contributed by atoms with Crippen LogP contribution in [0.2, 0.25) is 5.02 Å². The SMILES string of the molecule is CC(O)C(C)Sc1ccc(Cl)cn1. The van der Waals surface area contributed by atoms with Crippen LogP contribution in [-0.2, 0) is 0 Å². The number of aliphatic hydroxyl groups is 1. The average Bonchev–Trinajstić information content (AvgIpc) is 2.08. The van der Waals surface area contributed by atoms with E-state index in [-0.39, 0.29) is 11.4 Å². The van der Waals surface area contributed by atoms with Gasteiger partial charge in [-0.15, -0.1) is 11.8 Å². The molecule has 1 N–H and O–H groups in total. The molecule has 13 heavy (non-hydrogen) atoms. The summed E-state index contributed by atoms with van der Waals surface area (Å²) in [6, 6.07) is 3.65. The molecule has 0 aliphatic heterocycles. The van der Waals surface area contributed by atoms with Crippen LogP contribution in [0.3, 0.4) is 0 Å². The Morgan fingerprint density at radius 3 is 2.62 bits per heavy atom. The van der Waals surface area contributed by atoms with Crippen molar-refractivity contribution in [3.05, 3.63) is 23.4 Å². The summed E-state index contributed by atoms with van der Waals surface area (Å²) in [5.41, 5.74) is 0. The Hall–Kier alpha value is -0.250. The van der Waals surface area contributed by atoms with Crippen LogP contribution in [0.4, 0.5) is 0 Å². The minimum absolute atomic E-state index is 0.147. The first kappa shape index (κ1) is 10.8. The summed E-state index contributed by atoms with van der Waals surface area (Å²) in [5, 5.41) is 10.9. The third-order valence-corrected chi connectivity index (χ3v) is 3.16. The number of rotatable bonds is 3. The number of nitrogens with zero attached hydrogens (tertiary/aromatic N) is 1. The molecule has 0 saturated carbocycles. The summed E-state index contributed by atoms with van der Waals surface area (Å²) >= 11 is 7.23. The van der Waals surface area contributed by atoms with Crippen molar-refractivity contribution >= 4 is 23.4 Å². The number of halogens is 1. The van der Waals surface area contributed by atoms with Gasteiger partial charge in [-0.05, 0) is 19.1 Å². The van der Waals surface area contributed by atoms with Crippen LogP contribution in [0.1, 0.15) is 13.8 Å². The molecule has 0 fully saturated rings. The maximum Gasteiger partial charge on any atom is 0.0964 e. The van der Waals surface area contributed by atoms with Crippen molar-refractivity contribution in [1.29, 1.82) is 0 Å². The highest BCUT2D eigenvalue weighted by molar-refractivity contribution is 7.99. The molecule has 0 bridgehead atoms. The second-order valence-corrected chi connectivity index (χ2v) is 4.71. The van der Waals surface area contributed by atoms with Gasteiger partial charge < -0.3 is 5.11 Å². The van der Waals surface area contributed by atoms with E-state index in [0.717, 1.165) is 5.03 Å². The standard InChI is InChI=1S/C9H12ClNOS/c1-6(12)7(2)13-9-4-3-8(10)5-11-9/h3-7,12H,1-2H3. The predicted molar refractivity (Wildman–Crippen MR) is 56.2 cm³/mol. The zero-order valence-electron chi connectivity index (χ0n) is 7.57. The lowest BCUT2D eigenvalue weighted by Crippen LogP contribution is -2.14. The number of hydrogen-bond donors (Lipinski definition) is 1. The number of thioether (sulfide) groups is 1. The maximum atomic E-state index is 9.26. The lowest BCUT2D eigenvalue weighted by Gasteiger charge is -2.12. The molecule has 72 valence electrons.